The Morgan fingerprint density at radius 2 is 1.62 bits per heavy atom. The van der Waals surface area contributed by atoms with Crippen LogP contribution in [0.25, 0.3) is 22.5 Å². The standard InChI is InChI=1S/C40H32N2O4S/c1-44-33-17-8-7-16-31(33)38-32-20-19-27-11-4-6-15-30(27)37(32)41-40-42(38)39(43)36(47-40)23-25-18-21-34(35(22-25)45-2)46-24-28-13-9-12-26-10-3-5-14-29(26)28/h3-18,21-23,38H,19-20,24H2,1-2H3/b36-23+/t38-/m0/s1. The highest BCUT2D eigenvalue weighted by Gasteiger charge is 2.34. The molecule has 1 aliphatic heterocycles. The number of aryl methyl sites for hydroxylation is 1. The van der Waals surface area contributed by atoms with Crippen LogP contribution >= 0.6 is 11.3 Å². The van der Waals surface area contributed by atoms with Crippen LogP contribution in [0.3, 0.4) is 0 Å². The Morgan fingerprint density at radius 3 is 2.51 bits per heavy atom. The number of hydrogen-bond donors (Lipinski definition) is 0. The summed E-state index contributed by atoms with van der Waals surface area (Å²) in [6.45, 7) is 0.409. The molecule has 0 amide bonds. The second-order valence-corrected chi connectivity index (χ2v) is 12.7. The van der Waals surface area contributed by atoms with E-state index in [0.717, 1.165) is 57.5 Å². The Labute approximate surface area is 276 Å². The molecule has 2 aliphatic rings. The van der Waals surface area contributed by atoms with Crippen LogP contribution in [-0.4, -0.2) is 18.8 Å². The molecular weight excluding hydrogens is 605 g/mol. The van der Waals surface area contributed by atoms with Crippen LogP contribution in [-0.2, 0) is 13.0 Å². The summed E-state index contributed by atoms with van der Waals surface area (Å²) >= 11 is 1.41. The van der Waals surface area contributed by atoms with Crippen LogP contribution in [0.2, 0.25) is 0 Å². The van der Waals surface area contributed by atoms with Crippen molar-refractivity contribution >= 4 is 33.9 Å². The number of nitrogens with zero attached hydrogens (tertiary/aromatic N) is 2. The third-order valence-electron chi connectivity index (χ3n) is 9.06. The van der Waals surface area contributed by atoms with Gasteiger partial charge in [-0.25, -0.2) is 4.99 Å². The summed E-state index contributed by atoms with van der Waals surface area (Å²) in [4.78, 5) is 20.1. The maximum Gasteiger partial charge on any atom is 0.271 e. The lowest BCUT2D eigenvalue weighted by molar-refractivity contribution is 0.285. The smallest absolute Gasteiger partial charge is 0.271 e. The van der Waals surface area contributed by atoms with E-state index >= 15 is 0 Å². The topological polar surface area (TPSA) is 62.0 Å². The third kappa shape index (κ3) is 5.13. The van der Waals surface area contributed by atoms with Gasteiger partial charge >= 0.3 is 0 Å². The monoisotopic (exact) mass is 636 g/mol. The predicted octanol–water partition coefficient (Wildman–Crippen LogP) is 7.07. The Bertz CT molecular complexity index is 2380. The van der Waals surface area contributed by atoms with Gasteiger partial charge in [-0.2, -0.15) is 0 Å². The van der Waals surface area contributed by atoms with Crippen LogP contribution in [0.4, 0.5) is 0 Å². The average molecular weight is 637 g/mol. The van der Waals surface area contributed by atoms with Gasteiger partial charge < -0.3 is 14.2 Å². The van der Waals surface area contributed by atoms with Gasteiger partial charge in [-0.05, 0) is 70.2 Å². The van der Waals surface area contributed by atoms with E-state index in [9.17, 15) is 4.79 Å². The van der Waals surface area contributed by atoms with Crippen molar-refractivity contribution in [1.82, 2.24) is 4.57 Å². The Balaban J connectivity index is 1.20. The van der Waals surface area contributed by atoms with E-state index in [1.165, 1.54) is 22.3 Å². The van der Waals surface area contributed by atoms with Crippen molar-refractivity contribution in [2.24, 2.45) is 4.99 Å². The van der Waals surface area contributed by atoms with Gasteiger partial charge in [0.05, 0.1) is 30.5 Å². The van der Waals surface area contributed by atoms with Crippen LogP contribution < -0.4 is 29.1 Å². The number of allylic oxidation sites excluding steroid dienone is 1. The Morgan fingerprint density at radius 1 is 0.830 bits per heavy atom. The minimum Gasteiger partial charge on any atom is -0.496 e. The van der Waals surface area contributed by atoms with Crippen molar-refractivity contribution in [2.45, 2.75) is 25.5 Å². The van der Waals surface area contributed by atoms with E-state index in [0.29, 0.717) is 27.4 Å². The van der Waals surface area contributed by atoms with Gasteiger partial charge in [-0.3, -0.25) is 9.36 Å². The summed E-state index contributed by atoms with van der Waals surface area (Å²) in [6.07, 6.45) is 3.63. The number of rotatable bonds is 7. The van der Waals surface area contributed by atoms with Crippen LogP contribution in [0.15, 0.2) is 125 Å². The van der Waals surface area contributed by atoms with Gasteiger partial charge in [-0.15, -0.1) is 0 Å². The number of fused-ring (bicyclic) bond motifs is 4. The molecule has 0 fully saturated rings. The molecule has 0 N–H and O–H groups in total. The summed E-state index contributed by atoms with van der Waals surface area (Å²) in [5.41, 5.74) is 7.34. The van der Waals surface area contributed by atoms with E-state index in [-0.39, 0.29) is 11.6 Å². The zero-order valence-corrected chi connectivity index (χ0v) is 26.9. The maximum absolute atomic E-state index is 14.3. The number of thiazole rings is 1. The Hall–Kier alpha value is -5.40. The fourth-order valence-corrected chi connectivity index (χ4v) is 7.81. The molecule has 2 heterocycles. The molecule has 0 saturated carbocycles. The molecule has 1 aliphatic carbocycles. The first kappa shape index (κ1) is 29.0. The van der Waals surface area contributed by atoms with Crippen LogP contribution in [0.5, 0.6) is 17.2 Å². The lowest BCUT2D eigenvalue weighted by atomic mass is 9.83. The molecule has 1 atom stereocenters. The predicted molar refractivity (Wildman–Crippen MR) is 187 cm³/mol. The lowest BCUT2D eigenvalue weighted by Gasteiger charge is -2.31. The van der Waals surface area contributed by atoms with E-state index in [1.54, 1.807) is 14.2 Å². The first-order chi connectivity index (χ1) is 23.1. The molecule has 1 aromatic heterocycles. The van der Waals surface area contributed by atoms with Crippen molar-refractivity contribution in [3.63, 3.8) is 0 Å². The summed E-state index contributed by atoms with van der Waals surface area (Å²) in [5, 5.41) is 2.34. The quantitative estimate of drug-likeness (QED) is 0.188. The zero-order chi connectivity index (χ0) is 31.9. The number of benzene rings is 5. The maximum atomic E-state index is 14.3. The average Bonchev–Trinajstić information content (AvgIpc) is 3.43. The van der Waals surface area contributed by atoms with E-state index in [4.69, 9.17) is 19.2 Å². The van der Waals surface area contributed by atoms with Gasteiger partial charge in [0.1, 0.15) is 12.4 Å². The molecule has 47 heavy (non-hydrogen) atoms. The van der Waals surface area contributed by atoms with Crippen molar-refractivity contribution < 1.29 is 14.2 Å². The van der Waals surface area contributed by atoms with Gasteiger partial charge in [0.25, 0.3) is 5.56 Å². The molecule has 5 aromatic carbocycles. The Kier molecular flexibility index (Phi) is 7.46. The van der Waals surface area contributed by atoms with Crippen LogP contribution in [0.1, 0.15) is 40.3 Å². The second-order valence-electron chi connectivity index (χ2n) is 11.7. The summed E-state index contributed by atoms with van der Waals surface area (Å²) in [5.74, 6) is 2.00. The largest absolute Gasteiger partial charge is 0.496 e. The minimum absolute atomic E-state index is 0.0784. The van der Waals surface area contributed by atoms with Crippen molar-refractivity contribution in [2.75, 3.05) is 14.2 Å². The number of ether oxygens (including phenoxy) is 3. The fourth-order valence-electron chi connectivity index (χ4n) is 6.81. The number of hydrogen-bond acceptors (Lipinski definition) is 6. The SMILES string of the molecule is COc1cc(/C=c2/sc3n(c2=O)[C@@H](c2ccccc2OC)C2=C(N=3)c3ccccc3CC2)ccc1OCc1cccc2ccccc12. The summed E-state index contributed by atoms with van der Waals surface area (Å²) < 4.78 is 20.3. The van der Waals surface area contributed by atoms with E-state index in [2.05, 4.69) is 54.6 Å². The summed E-state index contributed by atoms with van der Waals surface area (Å²) in [6, 6.07) is 36.4. The third-order valence-corrected chi connectivity index (χ3v) is 10.0. The zero-order valence-electron chi connectivity index (χ0n) is 26.1. The highest BCUT2D eigenvalue weighted by atomic mass is 32.1. The number of aromatic nitrogens is 1. The van der Waals surface area contributed by atoms with Crippen LogP contribution in [0, 0.1) is 0 Å². The number of para-hydroxylation sites is 1. The molecule has 7 heteroatoms. The van der Waals surface area contributed by atoms with Gasteiger partial charge in [-0.1, -0.05) is 102 Å². The molecule has 0 saturated heterocycles. The van der Waals surface area contributed by atoms with E-state index in [1.807, 2.05) is 65.2 Å². The lowest BCUT2D eigenvalue weighted by Crippen LogP contribution is -2.39. The normalized spacial score (nSPS) is 15.4. The van der Waals surface area contributed by atoms with Crippen molar-refractivity contribution in [3.8, 4) is 17.2 Å². The molecule has 6 nitrogen and oxygen atoms in total. The molecule has 0 bridgehead atoms. The second kappa shape index (κ2) is 12.1. The molecule has 6 aromatic rings. The number of methoxy groups -OCH3 is 2. The first-order valence-corrected chi connectivity index (χ1v) is 16.5. The molecule has 232 valence electrons. The van der Waals surface area contributed by atoms with Crippen molar-refractivity contribution in [1.29, 1.82) is 0 Å². The molecular formula is C40H32N2O4S. The van der Waals surface area contributed by atoms with Gasteiger partial charge in [0, 0.05) is 11.1 Å². The van der Waals surface area contributed by atoms with Gasteiger partial charge in [0.15, 0.2) is 16.3 Å². The fraction of sp³-hybridized carbons (Fsp3) is 0.150. The summed E-state index contributed by atoms with van der Waals surface area (Å²) in [7, 11) is 3.31. The van der Waals surface area contributed by atoms with E-state index < -0.39 is 0 Å². The molecule has 0 radical (unpaired) electrons. The highest BCUT2D eigenvalue weighted by Crippen LogP contribution is 2.43. The van der Waals surface area contributed by atoms with Crippen molar-refractivity contribution in [3.05, 3.63) is 162 Å². The molecule has 8 rings (SSSR count). The first-order valence-electron chi connectivity index (χ1n) is 15.7. The minimum atomic E-state index is -0.313. The van der Waals surface area contributed by atoms with Gasteiger partial charge in [0.2, 0.25) is 0 Å². The molecule has 0 spiro atoms. The molecule has 0 unspecified atom stereocenters. The highest BCUT2D eigenvalue weighted by molar-refractivity contribution is 7.07.